The second kappa shape index (κ2) is 4.20. The normalized spacial score (nSPS) is 10.3. The maximum Gasteiger partial charge on any atom is 0.339 e. The van der Waals surface area contributed by atoms with Crippen LogP contribution in [0.5, 0.6) is 0 Å². The van der Waals surface area contributed by atoms with E-state index in [1.54, 1.807) is 24.3 Å². The molecule has 4 nitrogen and oxygen atoms in total. The highest BCUT2D eigenvalue weighted by molar-refractivity contribution is 5.94. The molecule has 0 unspecified atom stereocenters. The lowest BCUT2D eigenvalue weighted by Crippen LogP contribution is -1.95. The Bertz CT molecular complexity index is 499. The second-order valence-corrected chi connectivity index (χ2v) is 3.28. The van der Waals surface area contributed by atoms with E-state index >= 15 is 0 Å². The topological polar surface area (TPSA) is 70.7 Å². The van der Waals surface area contributed by atoms with Crippen molar-refractivity contribution in [2.24, 2.45) is 0 Å². The Hall–Kier alpha value is -2.07. The number of aliphatic hydroxyl groups excluding tert-OH is 1. The molecule has 2 N–H and O–H groups in total. The van der Waals surface area contributed by atoms with Crippen LogP contribution in [0, 0.1) is 0 Å². The van der Waals surface area contributed by atoms with E-state index < -0.39 is 5.97 Å². The molecule has 0 aliphatic rings. The van der Waals surface area contributed by atoms with Gasteiger partial charge in [-0.05, 0) is 6.07 Å². The fourth-order valence-corrected chi connectivity index (χ4v) is 1.48. The van der Waals surface area contributed by atoms with Crippen LogP contribution in [-0.2, 0) is 6.61 Å². The number of furan rings is 1. The molecule has 4 heteroatoms. The number of hydrogen-bond acceptors (Lipinski definition) is 3. The van der Waals surface area contributed by atoms with Crippen LogP contribution in [0.15, 0.2) is 40.8 Å². The largest absolute Gasteiger partial charge is 0.478 e. The van der Waals surface area contributed by atoms with E-state index in [9.17, 15) is 4.79 Å². The highest BCUT2D eigenvalue weighted by Crippen LogP contribution is 2.27. The van der Waals surface area contributed by atoms with Crippen molar-refractivity contribution in [3.8, 4) is 11.3 Å². The molecule has 0 atom stereocenters. The van der Waals surface area contributed by atoms with E-state index in [0.717, 1.165) is 0 Å². The van der Waals surface area contributed by atoms with Gasteiger partial charge in [0.1, 0.15) is 23.7 Å². The number of hydrogen-bond donors (Lipinski definition) is 2. The van der Waals surface area contributed by atoms with Crippen LogP contribution in [-0.4, -0.2) is 16.2 Å². The highest BCUT2D eigenvalue weighted by Gasteiger charge is 2.17. The molecule has 1 aromatic carbocycles. The number of carbonyl (C=O) groups is 1. The molecule has 0 bridgehead atoms. The Balaban J connectivity index is 2.55. The first-order chi connectivity index (χ1) is 7.72. The summed E-state index contributed by atoms with van der Waals surface area (Å²) < 4.78 is 5.28. The minimum atomic E-state index is -1.07. The summed E-state index contributed by atoms with van der Waals surface area (Å²) in [6.45, 7) is -0.312. The number of benzene rings is 1. The first kappa shape index (κ1) is 10.4. The molecule has 0 radical (unpaired) electrons. The molecule has 0 aliphatic carbocycles. The maximum absolute atomic E-state index is 11.0. The Labute approximate surface area is 91.8 Å². The van der Waals surface area contributed by atoms with Crippen molar-refractivity contribution in [3.05, 3.63) is 47.7 Å². The quantitative estimate of drug-likeness (QED) is 0.827. The molecule has 1 heterocycles. The van der Waals surface area contributed by atoms with Crippen molar-refractivity contribution >= 4 is 5.97 Å². The van der Waals surface area contributed by atoms with Gasteiger partial charge in [-0.2, -0.15) is 0 Å². The molecule has 0 saturated carbocycles. The predicted octanol–water partition coefficient (Wildman–Crippen LogP) is 2.14. The summed E-state index contributed by atoms with van der Waals surface area (Å²) >= 11 is 0. The molecule has 16 heavy (non-hydrogen) atoms. The number of aliphatic hydroxyl groups is 1. The van der Waals surface area contributed by atoms with Crippen molar-refractivity contribution in [2.75, 3.05) is 0 Å². The molecular formula is C12H10O4. The second-order valence-electron chi connectivity index (χ2n) is 3.28. The van der Waals surface area contributed by atoms with Crippen LogP contribution in [0.2, 0.25) is 0 Å². The third-order valence-corrected chi connectivity index (χ3v) is 2.21. The van der Waals surface area contributed by atoms with Crippen molar-refractivity contribution < 1.29 is 19.4 Å². The third kappa shape index (κ3) is 1.83. The molecule has 2 aromatic rings. The van der Waals surface area contributed by atoms with Crippen LogP contribution in [0.1, 0.15) is 16.1 Å². The first-order valence-corrected chi connectivity index (χ1v) is 4.74. The summed E-state index contributed by atoms with van der Waals surface area (Å²) in [5.74, 6) is -0.546. The molecule has 1 aromatic heterocycles. The van der Waals surface area contributed by atoms with Gasteiger partial charge in [0.05, 0.1) is 0 Å². The predicted molar refractivity (Wildman–Crippen MR) is 57.0 cm³/mol. The van der Waals surface area contributed by atoms with Crippen molar-refractivity contribution in [1.82, 2.24) is 0 Å². The van der Waals surface area contributed by atoms with E-state index in [-0.39, 0.29) is 23.7 Å². The standard InChI is InChI=1S/C12H10O4/c13-7-9-6-10(12(14)15)11(16-9)8-4-2-1-3-5-8/h1-6,13H,7H2,(H,14,15). The first-order valence-electron chi connectivity index (χ1n) is 4.74. The zero-order chi connectivity index (χ0) is 11.5. The fourth-order valence-electron chi connectivity index (χ4n) is 1.48. The third-order valence-electron chi connectivity index (χ3n) is 2.21. The molecule has 0 spiro atoms. The maximum atomic E-state index is 11.0. The zero-order valence-corrected chi connectivity index (χ0v) is 8.38. The van der Waals surface area contributed by atoms with E-state index in [0.29, 0.717) is 5.56 Å². The van der Waals surface area contributed by atoms with Gasteiger partial charge in [0.25, 0.3) is 0 Å². The van der Waals surface area contributed by atoms with Gasteiger partial charge in [-0.15, -0.1) is 0 Å². The van der Waals surface area contributed by atoms with E-state index in [4.69, 9.17) is 14.6 Å². The molecule has 0 aliphatic heterocycles. The Kier molecular flexibility index (Phi) is 2.74. The van der Waals surface area contributed by atoms with Crippen LogP contribution in [0.4, 0.5) is 0 Å². The average Bonchev–Trinajstić information content (AvgIpc) is 2.74. The zero-order valence-electron chi connectivity index (χ0n) is 8.38. The molecule has 0 amide bonds. The minimum absolute atomic E-state index is 0.0650. The number of carboxylic acids is 1. The van der Waals surface area contributed by atoms with Gasteiger partial charge in [0.15, 0.2) is 0 Å². The monoisotopic (exact) mass is 218 g/mol. The van der Waals surface area contributed by atoms with Crippen molar-refractivity contribution in [2.45, 2.75) is 6.61 Å². The lowest BCUT2D eigenvalue weighted by atomic mass is 10.1. The van der Waals surface area contributed by atoms with Gasteiger partial charge in [-0.25, -0.2) is 4.79 Å². The molecule has 2 rings (SSSR count). The summed E-state index contributed by atoms with van der Waals surface area (Å²) in [5, 5.41) is 17.9. The Morgan fingerprint density at radius 2 is 1.94 bits per heavy atom. The van der Waals surface area contributed by atoms with Crippen LogP contribution in [0.3, 0.4) is 0 Å². The molecule has 0 saturated heterocycles. The number of aromatic carboxylic acids is 1. The SMILES string of the molecule is O=C(O)c1cc(CO)oc1-c1ccccc1. The van der Waals surface area contributed by atoms with Crippen LogP contribution >= 0.6 is 0 Å². The lowest BCUT2D eigenvalue weighted by Gasteiger charge is -1.98. The smallest absolute Gasteiger partial charge is 0.339 e. The van der Waals surface area contributed by atoms with Gasteiger partial charge in [-0.1, -0.05) is 30.3 Å². The van der Waals surface area contributed by atoms with Gasteiger partial charge < -0.3 is 14.6 Å². The fraction of sp³-hybridized carbons (Fsp3) is 0.0833. The lowest BCUT2D eigenvalue weighted by molar-refractivity contribution is 0.0697. The van der Waals surface area contributed by atoms with Crippen LogP contribution < -0.4 is 0 Å². The summed E-state index contributed by atoms with van der Waals surface area (Å²) in [7, 11) is 0. The van der Waals surface area contributed by atoms with Gasteiger partial charge >= 0.3 is 5.97 Å². The Morgan fingerprint density at radius 1 is 1.25 bits per heavy atom. The number of rotatable bonds is 3. The highest BCUT2D eigenvalue weighted by atomic mass is 16.4. The summed E-state index contributed by atoms with van der Waals surface area (Å²) in [5.41, 5.74) is 0.745. The van der Waals surface area contributed by atoms with E-state index in [1.165, 1.54) is 6.07 Å². The summed E-state index contributed by atoms with van der Waals surface area (Å²) in [4.78, 5) is 11.0. The van der Waals surface area contributed by atoms with E-state index in [1.807, 2.05) is 6.07 Å². The Morgan fingerprint density at radius 3 is 2.50 bits per heavy atom. The summed E-state index contributed by atoms with van der Waals surface area (Å²) in [6, 6.07) is 10.3. The summed E-state index contributed by atoms with van der Waals surface area (Å²) in [6.07, 6.45) is 0. The van der Waals surface area contributed by atoms with Crippen LogP contribution in [0.25, 0.3) is 11.3 Å². The van der Waals surface area contributed by atoms with Crippen molar-refractivity contribution in [3.63, 3.8) is 0 Å². The number of carboxylic acid groups (broad SMARTS) is 1. The molecular weight excluding hydrogens is 208 g/mol. The van der Waals surface area contributed by atoms with Gasteiger partial charge in [-0.3, -0.25) is 0 Å². The van der Waals surface area contributed by atoms with Gasteiger partial charge in [0.2, 0.25) is 0 Å². The minimum Gasteiger partial charge on any atom is -0.478 e. The average molecular weight is 218 g/mol. The van der Waals surface area contributed by atoms with E-state index in [2.05, 4.69) is 0 Å². The van der Waals surface area contributed by atoms with Crippen molar-refractivity contribution in [1.29, 1.82) is 0 Å². The molecule has 0 fully saturated rings. The van der Waals surface area contributed by atoms with Gasteiger partial charge in [0, 0.05) is 5.56 Å². The molecule has 82 valence electrons.